The van der Waals surface area contributed by atoms with E-state index in [4.69, 9.17) is 9.47 Å². The highest BCUT2D eigenvalue weighted by atomic mass is 16.5. The highest BCUT2D eigenvalue weighted by Crippen LogP contribution is 2.31. The quantitative estimate of drug-likeness (QED) is 0.599. The summed E-state index contributed by atoms with van der Waals surface area (Å²) >= 11 is 0. The Morgan fingerprint density at radius 2 is 2.03 bits per heavy atom. The molecule has 154 valence electrons. The van der Waals surface area contributed by atoms with Crippen molar-refractivity contribution in [3.05, 3.63) is 48.3 Å². The summed E-state index contributed by atoms with van der Waals surface area (Å²) in [5.74, 6) is 0.912. The first-order valence-electron chi connectivity index (χ1n) is 9.70. The van der Waals surface area contributed by atoms with E-state index in [9.17, 15) is 9.90 Å². The van der Waals surface area contributed by atoms with Gasteiger partial charge in [-0.2, -0.15) is 0 Å². The standard InChI is InChI=1S/C22H27N3O4/c1-5-16(12-26)29-18-10-19(21-20(11-18)25(13-23-21)14(2)3)24-22(27)15-7-6-8-17(9-15)28-4/h6-11,13-14,16,26H,5,12H2,1-4H3,(H,24,27). The number of ether oxygens (including phenoxy) is 2. The van der Waals surface area contributed by atoms with Crippen LogP contribution in [-0.2, 0) is 0 Å². The summed E-state index contributed by atoms with van der Waals surface area (Å²) in [5, 5.41) is 12.4. The van der Waals surface area contributed by atoms with E-state index in [1.165, 1.54) is 0 Å². The predicted octanol–water partition coefficient (Wildman–Crippen LogP) is 4.03. The summed E-state index contributed by atoms with van der Waals surface area (Å²) in [7, 11) is 1.56. The number of benzene rings is 2. The van der Waals surface area contributed by atoms with Crippen LogP contribution >= 0.6 is 0 Å². The number of rotatable bonds is 8. The van der Waals surface area contributed by atoms with Gasteiger partial charge in [0, 0.05) is 23.7 Å². The Morgan fingerprint density at radius 3 is 2.69 bits per heavy atom. The molecular formula is C22H27N3O4. The van der Waals surface area contributed by atoms with Crippen molar-refractivity contribution in [2.24, 2.45) is 0 Å². The fraction of sp³-hybridized carbons (Fsp3) is 0.364. The van der Waals surface area contributed by atoms with Gasteiger partial charge in [-0.05, 0) is 38.5 Å². The van der Waals surface area contributed by atoms with Gasteiger partial charge in [0.15, 0.2) is 0 Å². The van der Waals surface area contributed by atoms with Gasteiger partial charge >= 0.3 is 0 Å². The molecule has 0 radical (unpaired) electrons. The van der Waals surface area contributed by atoms with Crippen molar-refractivity contribution >= 4 is 22.6 Å². The molecule has 0 saturated carbocycles. The maximum Gasteiger partial charge on any atom is 0.255 e. The molecule has 2 N–H and O–H groups in total. The molecule has 3 rings (SSSR count). The van der Waals surface area contributed by atoms with Crippen LogP contribution in [0.1, 0.15) is 43.6 Å². The van der Waals surface area contributed by atoms with Gasteiger partial charge in [0.05, 0.1) is 31.2 Å². The summed E-state index contributed by atoms with van der Waals surface area (Å²) in [6.45, 7) is 5.99. The molecule has 0 aliphatic rings. The number of imidazole rings is 1. The third-order valence-electron chi connectivity index (χ3n) is 4.75. The molecule has 0 bridgehead atoms. The SMILES string of the molecule is CCC(CO)Oc1cc(NC(=O)c2cccc(OC)c2)c2ncn(C(C)C)c2c1. The van der Waals surface area contributed by atoms with E-state index >= 15 is 0 Å². The van der Waals surface area contributed by atoms with E-state index < -0.39 is 0 Å². The van der Waals surface area contributed by atoms with Crippen molar-refractivity contribution < 1.29 is 19.4 Å². The minimum Gasteiger partial charge on any atom is -0.497 e. The molecule has 2 aromatic carbocycles. The Morgan fingerprint density at radius 1 is 1.24 bits per heavy atom. The fourth-order valence-corrected chi connectivity index (χ4v) is 3.08. The van der Waals surface area contributed by atoms with Crippen molar-refractivity contribution in [3.63, 3.8) is 0 Å². The summed E-state index contributed by atoms with van der Waals surface area (Å²) in [5.41, 5.74) is 2.57. The van der Waals surface area contributed by atoms with Crippen molar-refractivity contribution in [1.82, 2.24) is 9.55 Å². The molecule has 7 nitrogen and oxygen atoms in total. The van der Waals surface area contributed by atoms with E-state index in [-0.39, 0.29) is 24.7 Å². The summed E-state index contributed by atoms with van der Waals surface area (Å²) in [4.78, 5) is 17.3. The molecule has 0 saturated heterocycles. The number of aromatic nitrogens is 2. The van der Waals surface area contributed by atoms with Crippen LogP contribution in [0, 0.1) is 0 Å². The minimum absolute atomic E-state index is 0.0799. The van der Waals surface area contributed by atoms with Crippen LogP contribution in [-0.4, -0.2) is 40.4 Å². The second-order valence-corrected chi connectivity index (χ2v) is 7.10. The number of carbonyl (C=O) groups excluding carboxylic acids is 1. The molecule has 1 atom stereocenters. The Kier molecular flexibility index (Phi) is 6.39. The Labute approximate surface area is 170 Å². The topological polar surface area (TPSA) is 85.6 Å². The number of nitrogens with one attached hydrogen (secondary N) is 1. The zero-order valence-corrected chi connectivity index (χ0v) is 17.2. The lowest BCUT2D eigenvalue weighted by atomic mass is 10.1. The van der Waals surface area contributed by atoms with Crippen molar-refractivity contribution in [2.45, 2.75) is 39.3 Å². The molecule has 0 aliphatic carbocycles. The highest BCUT2D eigenvalue weighted by Gasteiger charge is 2.17. The van der Waals surface area contributed by atoms with Gasteiger partial charge in [-0.1, -0.05) is 13.0 Å². The number of anilines is 1. The zero-order valence-electron chi connectivity index (χ0n) is 17.2. The molecule has 0 spiro atoms. The maximum absolute atomic E-state index is 12.8. The van der Waals surface area contributed by atoms with E-state index in [0.717, 1.165) is 5.52 Å². The number of aliphatic hydroxyl groups excluding tert-OH is 1. The molecule has 1 amide bonds. The molecular weight excluding hydrogens is 370 g/mol. The molecule has 1 unspecified atom stereocenters. The Balaban J connectivity index is 2.01. The largest absolute Gasteiger partial charge is 0.497 e. The molecule has 29 heavy (non-hydrogen) atoms. The number of hydrogen-bond donors (Lipinski definition) is 2. The summed E-state index contributed by atoms with van der Waals surface area (Å²) in [6, 6.07) is 10.8. The number of amides is 1. The van der Waals surface area contributed by atoms with Crippen LogP contribution in [0.4, 0.5) is 5.69 Å². The summed E-state index contributed by atoms with van der Waals surface area (Å²) < 4.78 is 13.1. The number of aliphatic hydroxyl groups is 1. The maximum atomic E-state index is 12.8. The number of hydrogen-bond acceptors (Lipinski definition) is 5. The number of carbonyl (C=O) groups is 1. The first-order chi connectivity index (χ1) is 14.0. The lowest BCUT2D eigenvalue weighted by Gasteiger charge is -2.17. The van der Waals surface area contributed by atoms with Crippen molar-refractivity contribution in [1.29, 1.82) is 0 Å². The van der Waals surface area contributed by atoms with Gasteiger partial charge in [-0.3, -0.25) is 4.79 Å². The second-order valence-electron chi connectivity index (χ2n) is 7.10. The highest BCUT2D eigenvalue weighted by molar-refractivity contribution is 6.08. The molecule has 1 heterocycles. The third kappa shape index (κ3) is 4.51. The van der Waals surface area contributed by atoms with Gasteiger partial charge in [-0.15, -0.1) is 0 Å². The van der Waals surface area contributed by atoms with Gasteiger partial charge < -0.3 is 24.5 Å². The first kappa shape index (κ1) is 20.7. The lowest BCUT2D eigenvalue weighted by Crippen LogP contribution is -2.20. The smallest absolute Gasteiger partial charge is 0.255 e. The summed E-state index contributed by atoms with van der Waals surface area (Å²) in [6.07, 6.45) is 2.11. The molecule has 7 heteroatoms. The average molecular weight is 397 g/mol. The van der Waals surface area contributed by atoms with Gasteiger partial charge in [-0.25, -0.2) is 4.98 Å². The van der Waals surface area contributed by atoms with Gasteiger partial charge in [0.25, 0.3) is 5.91 Å². The molecule has 0 aliphatic heterocycles. The number of fused-ring (bicyclic) bond motifs is 1. The van der Waals surface area contributed by atoms with E-state index in [2.05, 4.69) is 24.1 Å². The normalized spacial score (nSPS) is 12.2. The van der Waals surface area contributed by atoms with Crippen LogP contribution in [0.15, 0.2) is 42.7 Å². The van der Waals surface area contributed by atoms with Crippen LogP contribution < -0.4 is 14.8 Å². The molecule has 3 aromatic rings. The van der Waals surface area contributed by atoms with Crippen LogP contribution in [0.2, 0.25) is 0 Å². The minimum atomic E-state index is -0.315. The van der Waals surface area contributed by atoms with Crippen LogP contribution in [0.25, 0.3) is 11.0 Å². The van der Waals surface area contributed by atoms with Crippen LogP contribution in [0.5, 0.6) is 11.5 Å². The predicted molar refractivity (Wildman–Crippen MR) is 113 cm³/mol. The van der Waals surface area contributed by atoms with E-state index in [1.54, 1.807) is 43.8 Å². The Bertz CT molecular complexity index is 993. The molecule has 0 fully saturated rings. The van der Waals surface area contributed by atoms with Crippen LogP contribution in [0.3, 0.4) is 0 Å². The average Bonchev–Trinajstić information content (AvgIpc) is 3.16. The fourth-order valence-electron chi connectivity index (χ4n) is 3.08. The zero-order chi connectivity index (χ0) is 21.0. The monoisotopic (exact) mass is 397 g/mol. The van der Waals surface area contributed by atoms with E-state index in [0.29, 0.717) is 34.7 Å². The lowest BCUT2D eigenvalue weighted by molar-refractivity contribution is 0.102. The number of methoxy groups -OCH3 is 1. The first-order valence-corrected chi connectivity index (χ1v) is 9.70. The second kappa shape index (κ2) is 8.96. The van der Waals surface area contributed by atoms with Crippen molar-refractivity contribution in [2.75, 3.05) is 19.0 Å². The van der Waals surface area contributed by atoms with Crippen molar-refractivity contribution in [3.8, 4) is 11.5 Å². The third-order valence-corrected chi connectivity index (χ3v) is 4.75. The van der Waals surface area contributed by atoms with Gasteiger partial charge in [0.1, 0.15) is 23.1 Å². The van der Waals surface area contributed by atoms with Gasteiger partial charge in [0.2, 0.25) is 0 Å². The number of nitrogens with zero attached hydrogens (tertiary/aromatic N) is 2. The Hall–Kier alpha value is -3.06. The van der Waals surface area contributed by atoms with E-state index in [1.807, 2.05) is 17.6 Å². The molecule has 1 aromatic heterocycles.